The maximum atomic E-state index is 12.4. The van der Waals surface area contributed by atoms with Gasteiger partial charge in [-0.2, -0.15) is 0 Å². The van der Waals surface area contributed by atoms with Crippen LogP contribution >= 0.6 is 11.6 Å². The van der Waals surface area contributed by atoms with Crippen LogP contribution in [-0.2, 0) is 4.79 Å². The summed E-state index contributed by atoms with van der Waals surface area (Å²) in [7, 11) is 0. The number of nitrogens with one attached hydrogen (secondary N) is 1. The molecular formula is C20H19ClN2O3. The van der Waals surface area contributed by atoms with E-state index < -0.39 is 6.10 Å². The minimum atomic E-state index is -0.597. The molecule has 26 heavy (non-hydrogen) atoms. The number of hydrogen-bond donors (Lipinski definition) is 1. The Morgan fingerprint density at radius 1 is 1.31 bits per heavy atom. The van der Waals surface area contributed by atoms with Crippen molar-refractivity contribution in [1.82, 2.24) is 0 Å². The van der Waals surface area contributed by atoms with Crippen LogP contribution in [-0.4, -0.2) is 24.5 Å². The molecule has 2 aromatic rings. The van der Waals surface area contributed by atoms with Gasteiger partial charge in [-0.1, -0.05) is 29.8 Å². The van der Waals surface area contributed by atoms with Crippen LogP contribution in [0.4, 0.5) is 11.4 Å². The van der Waals surface area contributed by atoms with Gasteiger partial charge in [0, 0.05) is 28.9 Å². The number of anilines is 2. The largest absolute Gasteiger partial charge is 0.479 e. The first-order valence-corrected chi connectivity index (χ1v) is 8.56. The lowest BCUT2D eigenvalue weighted by Gasteiger charge is -2.33. The van der Waals surface area contributed by atoms with Crippen LogP contribution in [0.25, 0.3) is 0 Å². The van der Waals surface area contributed by atoms with Gasteiger partial charge in [-0.25, -0.2) is 0 Å². The van der Waals surface area contributed by atoms with Crippen molar-refractivity contribution in [2.45, 2.75) is 20.0 Å². The molecule has 1 aliphatic rings. The summed E-state index contributed by atoms with van der Waals surface area (Å²) in [5.41, 5.74) is 2.57. The van der Waals surface area contributed by atoms with E-state index >= 15 is 0 Å². The Hall–Kier alpha value is -2.79. The lowest BCUT2D eigenvalue weighted by molar-refractivity contribution is -0.125. The molecule has 1 N–H and O–H groups in total. The lowest BCUT2D eigenvalue weighted by atomic mass is 10.1. The minimum Gasteiger partial charge on any atom is -0.479 e. The normalized spacial score (nSPS) is 15.9. The monoisotopic (exact) mass is 370 g/mol. The smallest absolute Gasteiger partial charge is 0.268 e. The molecule has 5 nitrogen and oxygen atoms in total. The van der Waals surface area contributed by atoms with Crippen LogP contribution in [0.2, 0.25) is 5.02 Å². The van der Waals surface area contributed by atoms with Gasteiger partial charge in [-0.15, -0.1) is 0 Å². The number of nitrogens with zero attached hydrogens (tertiary/aromatic N) is 1. The van der Waals surface area contributed by atoms with E-state index in [9.17, 15) is 9.59 Å². The highest BCUT2D eigenvalue weighted by Gasteiger charge is 2.31. The fourth-order valence-corrected chi connectivity index (χ4v) is 2.94. The van der Waals surface area contributed by atoms with Gasteiger partial charge in [0.2, 0.25) is 0 Å². The zero-order chi connectivity index (χ0) is 18.8. The van der Waals surface area contributed by atoms with Crippen molar-refractivity contribution >= 4 is 34.8 Å². The van der Waals surface area contributed by atoms with Crippen LogP contribution in [0, 0.1) is 0 Å². The molecule has 1 heterocycles. The van der Waals surface area contributed by atoms with Crippen LogP contribution in [0.5, 0.6) is 5.75 Å². The first kappa shape index (κ1) is 18.0. The zero-order valence-corrected chi connectivity index (χ0v) is 15.3. The molecule has 0 aliphatic carbocycles. The van der Waals surface area contributed by atoms with Gasteiger partial charge in [0.25, 0.3) is 11.8 Å². The third-order valence-corrected chi connectivity index (χ3v) is 4.18. The molecule has 2 aromatic carbocycles. The summed E-state index contributed by atoms with van der Waals surface area (Å²) in [5, 5.41) is 3.31. The molecule has 0 saturated heterocycles. The van der Waals surface area contributed by atoms with Gasteiger partial charge in [-0.05, 0) is 44.2 Å². The molecular weight excluding hydrogens is 352 g/mol. The Kier molecular flexibility index (Phi) is 5.00. The zero-order valence-electron chi connectivity index (χ0n) is 14.6. The summed E-state index contributed by atoms with van der Waals surface area (Å²) in [6.45, 7) is 7.87. The Morgan fingerprint density at radius 3 is 2.77 bits per heavy atom. The Labute approximate surface area is 157 Å². The first-order valence-electron chi connectivity index (χ1n) is 8.18. The SMILES string of the molecule is C=C(C)CN1C(=O)C(C)Oc2cc(NC(=O)c3cccc(Cl)c3)ccc21. The number of halogens is 1. The second-order valence-electron chi connectivity index (χ2n) is 6.29. The van der Waals surface area contributed by atoms with E-state index in [2.05, 4.69) is 11.9 Å². The van der Waals surface area contributed by atoms with Crippen molar-refractivity contribution in [2.75, 3.05) is 16.8 Å². The van der Waals surface area contributed by atoms with Crippen LogP contribution < -0.4 is 15.0 Å². The molecule has 1 aliphatic heterocycles. The van der Waals surface area contributed by atoms with Crippen molar-refractivity contribution in [1.29, 1.82) is 0 Å². The molecule has 134 valence electrons. The van der Waals surface area contributed by atoms with Gasteiger partial charge in [0.1, 0.15) is 5.75 Å². The average Bonchev–Trinajstić information content (AvgIpc) is 2.58. The standard InChI is InChI=1S/C20H19ClN2O3/c1-12(2)11-23-17-8-7-16(10-18(17)26-13(3)20(23)25)22-19(24)14-5-4-6-15(21)9-14/h4-10,13H,1,11H2,2-3H3,(H,22,24). The number of hydrogen-bond acceptors (Lipinski definition) is 3. The van der Waals surface area contributed by atoms with Crippen LogP contribution in [0.3, 0.4) is 0 Å². The van der Waals surface area contributed by atoms with Gasteiger partial charge in [0.15, 0.2) is 6.10 Å². The molecule has 1 unspecified atom stereocenters. The van der Waals surface area contributed by atoms with Crippen LogP contribution in [0.15, 0.2) is 54.6 Å². The molecule has 3 rings (SSSR count). The Morgan fingerprint density at radius 2 is 2.08 bits per heavy atom. The van der Waals surface area contributed by atoms with E-state index in [1.54, 1.807) is 54.3 Å². The predicted octanol–water partition coefficient (Wildman–Crippen LogP) is 4.28. The summed E-state index contributed by atoms with van der Waals surface area (Å²) >= 11 is 5.93. The number of rotatable bonds is 4. The number of ether oxygens (including phenoxy) is 1. The summed E-state index contributed by atoms with van der Waals surface area (Å²) in [6.07, 6.45) is -0.597. The fourth-order valence-electron chi connectivity index (χ4n) is 2.75. The van der Waals surface area contributed by atoms with Gasteiger partial charge in [-0.3, -0.25) is 9.59 Å². The minimum absolute atomic E-state index is 0.115. The summed E-state index contributed by atoms with van der Waals surface area (Å²) in [5.74, 6) is 0.157. The highest BCUT2D eigenvalue weighted by atomic mass is 35.5. The quantitative estimate of drug-likeness (QED) is 0.817. The molecule has 2 amide bonds. The Bertz CT molecular complexity index is 894. The second kappa shape index (κ2) is 7.22. The highest BCUT2D eigenvalue weighted by Crippen LogP contribution is 2.36. The van der Waals surface area contributed by atoms with E-state index in [4.69, 9.17) is 16.3 Å². The number of amides is 2. The van der Waals surface area contributed by atoms with Gasteiger partial charge in [0.05, 0.1) is 5.69 Å². The van der Waals surface area contributed by atoms with Crippen molar-refractivity contribution in [3.05, 3.63) is 65.2 Å². The number of benzene rings is 2. The van der Waals surface area contributed by atoms with E-state index in [0.29, 0.717) is 34.3 Å². The van der Waals surface area contributed by atoms with Gasteiger partial charge < -0.3 is 15.0 Å². The molecule has 0 bridgehead atoms. The maximum absolute atomic E-state index is 12.4. The van der Waals surface area contributed by atoms with E-state index in [-0.39, 0.29) is 11.8 Å². The molecule has 0 saturated carbocycles. The third-order valence-electron chi connectivity index (χ3n) is 3.94. The second-order valence-corrected chi connectivity index (χ2v) is 6.72. The molecule has 0 fully saturated rings. The molecule has 0 aromatic heterocycles. The van der Waals surface area contributed by atoms with Gasteiger partial charge >= 0.3 is 0 Å². The highest BCUT2D eigenvalue weighted by molar-refractivity contribution is 6.31. The van der Waals surface area contributed by atoms with Crippen molar-refractivity contribution in [3.63, 3.8) is 0 Å². The summed E-state index contributed by atoms with van der Waals surface area (Å²) < 4.78 is 5.71. The average molecular weight is 371 g/mol. The third kappa shape index (κ3) is 3.73. The van der Waals surface area contributed by atoms with Crippen molar-refractivity contribution in [3.8, 4) is 5.75 Å². The summed E-state index contributed by atoms with van der Waals surface area (Å²) in [4.78, 5) is 26.4. The summed E-state index contributed by atoms with van der Waals surface area (Å²) in [6, 6.07) is 11.9. The number of carbonyl (C=O) groups excluding carboxylic acids is 2. The molecule has 1 atom stereocenters. The number of fused-ring (bicyclic) bond motifs is 1. The topological polar surface area (TPSA) is 58.6 Å². The van der Waals surface area contributed by atoms with Crippen molar-refractivity contribution < 1.29 is 14.3 Å². The van der Waals surface area contributed by atoms with E-state index in [1.165, 1.54) is 0 Å². The van der Waals surface area contributed by atoms with E-state index in [1.807, 2.05) is 6.92 Å². The molecule has 0 radical (unpaired) electrons. The molecule has 0 spiro atoms. The predicted molar refractivity (Wildman–Crippen MR) is 103 cm³/mol. The lowest BCUT2D eigenvalue weighted by Crippen LogP contribution is -2.45. The van der Waals surface area contributed by atoms with Crippen LogP contribution in [0.1, 0.15) is 24.2 Å². The van der Waals surface area contributed by atoms with E-state index in [0.717, 1.165) is 5.57 Å². The number of carbonyl (C=O) groups is 2. The fraction of sp³-hybridized carbons (Fsp3) is 0.200. The van der Waals surface area contributed by atoms with Crippen molar-refractivity contribution in [2.24, 2.45) is 0 Å². The molecule has 6 heteroatoms. The first-order chi connectivity index (χ1) is 12.3. The maximum Gasteiger partial charge on any atom is 0.268 e. The Balaban J connectivity index is 1.86.